The van der Waals surface area contributed by atoms with Crippen molar-refractivity contribution in [3.05, 3.63) is 23.8 Å². The zero-order valence-corrected chi connectivity index (χ0v) is 8.33. The molecule has 1 amide bonds. The van der Waals surface area contributed by atoms with Crippen LogP contribution in [-0.4, -0.2) is 19.6 Å². The Morgan fingerprint density at radius 2 is 2.29 bits per heavy atom. The van der Waals surface area contributed by atoms with Crippen molar-refractivity contribution in [2.45, 2.75) is 6.92 Å². The summed E-state index contributed by atoms with van der Waals surface area (Å²) >= 11 is 0. The first-order valence-electron chi connectivity index (χ1n) is 4.40. The fourth-order valence-electron chi connectivity index (χ4n) is 1.14. The van der Waals surface area contributed by atoms with Crippen LogP contribution in [0.1, 0.15) is 17.3 Å². The number of amides is 1. The normalized spacial score (nSPS) is 9.57. The molecular weight excluding hydrogens is 180 g/mol. The number of nitrogens with two attached hydrogens (primary N) is 1. The molecule has 0 fully saturated rings. The lowest BCUT2D eigenvalue weighted by atomic mass is 10.2. The van der Waals surface area contributed by atoms with E-state index < -0.39 is 0 Å². The van der Waals surface area contributed by atoms with Crippen LogP contribution in [0.3, 0.4) is 0 Å². The number of hydrogen-bond donors (Lipinski definition) is 2. The van der Waals surface area contributed by atoms with Crippen molar-refractivity contribution in [3.8, 4) is 5.75 Å². The number of nitrogens with one attached hydrogen (secondary N) is 1. The maximum atomic E-state index is 11.4. The fourth-order valence-corrected chi connectivity index (χ4v) is 1.14. The zero-order chi connectivity index (χ0) is 10.6. The third kappa shape index (κ3) is 2.16. The molecule has 0 atom stereocenters. The van der Waals surface area contributed by atoms with E-state index in [2.05, 4.69) is 5.32 Å². The molecule has 1 rings (SSSR count). The standard InChI is InChI=1S/C10H14N2O2/c1-3-12-10(13)7-4-5-9(14-2)8(11)6-7/h4-6H,3,11H2,1-2H3,(H,12,13). The first-order valence-corrected chi connectivity index (χ1v) is 4.40. The molecule has 0 bridgehead atoms. The summed E-state index contributed by atoms with van der Waals surface area (Å²) in [6.07, 6.45) is 0. The lowest BCUT2D eigenvalue weighted by Gasteiger charge is -2.06. The molecule has 76 valence electrons. The summed E-state index contributed by atoms with van der Waals surface area (Å²) in [5.41, 5.74) is 6.68. The molecule has 0 spiro atoms. The largest absolute Gasteiger partial charge is 0.495 e. The van der Waals surface area contributed by atoms with Gasteiger partial charge in [-0.3, -0.25) is 4.79 Å². The van der Waals surface area contributed by atoms with Gasteiger partial charge in [0, 0.05) is 12.1 Å². The van der Waals surface area contributed by atoms with Crippen LogP contribution in [0.15, 0.2) is 18.2 Å². The number of ether oxygens (including phenoxy) is 1. The minimum atomic E-state index is -0.123. The van der Waals surface area contributed by atoms with Gasteiger partial charge in [-0.15, -0.1) is 0 Å². The Hall–Kier alpha value is -1.71. The Labute approximate surface area is 83.1 Å². The van der Waals surface area contributed by atoms with Crippen LogP contribution < -0.4 is 15.8 Å². The van der Waals surface area contributed by atoms with E-state index in [9.17, 15) is 4.79 Å². The number of nitrogen functional groups attached to an aromatic ring is 1. The van der Waals surface area contributed by atoms with Crippen LogP contribution in [0.4, 0.5) is 5.69 Å². The van der Waals surface area contributed by atoms with Gasteiger partial charge in [0.1, 0.15) is 5.75 Å². The Kier molecular flexibility index (Phi) is 3.34. The lowest BCUT2D eigenvalue weighted by Crippen LogP contribution is -2.22. The Bertz CT molecular complexity index is 337. The number of carbonyl (C=O) groups is 1. The first-order chi connectivity index (χ1) is 6.69. The molecule has 0 saturated carbocycles. The van der Waals surface area contributed by atoms with Crippen LogP contribution in [0.25, 0.3) is 0 Å². The van der Waals surface area contributed by atoms with Gasteiger partial charge in [-0.05, 0) is 25.1 Å². The van der Waals surface area contributed by atoms with E-state index in [1.807, 2.05) is 6.92 Å². The number of benzene rings is 1. The van der Waals surface area contributed by atoms with Crippen molar-refractivity contribution in [3.63, 3.8) is 0 Å². The molecular formula is C10H14N2O2. The molecule has 0 aliphatic heterocycles. The van der Waals surface area contributed by atoms with E-state index in [0.717, 1.165) is 0 Å². The molecule has 3 N–H and O–H groups in total. The Balaban J connectivity index is 2.91. The average Bonchev–Trinajstić information content (AvgIpc) is 2.18. The van der Waals surface area contributed by atoms with Crippen LogP contribution in [0.2, 0.25) is 0 Å². The van der Waals surface area contributed by atoms with Gasteiger partial charge in [-0.1, -0.05) is 0 Å². The first kappa shape index (κ1) is 10.4. The van der Waals surface area contributed by atoms with Crippen molar-refractivity contribution in [1.29, 1.82) is 0 Å². The third-order valence-electron chi connectivity index (χ3n) is 1.83. The summed E-state index contributed by atoms with van der Waals surface area (Å²) in [4.78, 5) is 11.4. The van der Waals surface area contributed by atoms with Crippen molar-refractivity contribution in [1.82, 2.24) is 5.32 Å². The van der Waals surface area contributed by atoms with E-state index in [0.29, 0.717) is 23.5 Å². The van der Waals surface area contributed by atoms with E-state index in [-0.39, 0.29) is 5.91 Å². The van der Waals surface area contributed by atoms with Crippen molar-refractivity contribution >= 4 is 11.6 Å². The van der Waals surface area contributed by atoms with Crippen LogP contribution in [-0.2, 0) is 0 Å². The van der Waals surface area contributed by atoms with E-state index in [1.165, 1.54) is 7.11 Å². The minimum Gasteiger partial charge on any atom is -0.495 e. The third-order valence-corrected chi connectivity index (χ3v) is 1.83. The molecule has 0 aliphatic rings. The molecule has 0 unspecified atom stereocenters. The molecule has 4 nitrogen and oxygen atoms in total. The zero-order valence-electron chi connectivity index (χ0n) is 8.33. The molecule has 14 heavy (non-hydrogen) atoms. The van der Waals surface area contributed by atoms with Crippen LogP contribution >= 0.6 is 0 Å². The van der Waals surface area contributed by atoms with E-state index in [4.69, 9.17) is 10.5 Å². The van der Waals surface area contributed by atoms with E-state index >= 15 is 0 Å². The fraction of sp³-hybridized carbons (Fsp3) is 0.300. The maximum absolute atomic E-state index is 11.4. The molecule has 0 aliphatic carbocycles. The monoisotopic (exact) mass is 194 g/mol. The van der Waals surface area contributed by atoms with E-state index in [1.54, 1.807) is 18.2 Å². The van der Waals surface area contributed by atoms with Gasteiger partial charge in [0.2, 0.25) is 0 Å². The molecule has 1 aromatic carbocycles. The molecule has 1 aromatic rings. The Morgan fingerprint density at radius 3 is 2.79 bits per heavy atom. The van der Waals surface area contributed by atoms with Gasteiger partial charge in [0.15, 0.2) is 0 Å². The molecule has 0 saturated heterocycles. The highest BCUT2D eigenvalue weighted by Crippen LogP contribution is 2.21. The highest BCUT2D eigenvalue weighted by molar-refractivity contribution is 5.95. The molecule has 0 aromatic heterocycles. The smallest absolute Gasteiger partial charge is 0.251 e. The molecule has 0 radical (unpaired) electrons. The van der Waals surface area contributed by atoms with Gasteiger partial charge < -0.3 is 15.8 Å². The number of rotatable bonds is 3. The van der Waals surface area contributed by atoms with Crippen LogP contribution in [0, 0.1) is 0 Å². The SMILES string of the molecule is CCNC(=O)c1ccc(OC)c(N)c1. The predicted molar refractivity (Wildman–Crippen MR) is 55.4 cm³/mol. The summed E-state index contributed by atoms with van der Waals surface area (Å²) in [5, 5.41) is 2.69. The van der Waals surface area contributed by atoms with Crippen molar-refractivity contribution in [2.75, 3.05) is 19.4 Å². The van der Waals surface area contributed by atoms with Crippen molar-refractivity contribution < 1.29 is 9.53 Å². The van der Waals surface area contributed by atoms with Crippen LogP contribution in [0.5, 0.6) is 5.75 Å². The lowest BCUT2D eigenvalue weighted by molar-refractivity contribution is 0.0956. The second kappa shape index (κ2) is 4.50. The summed E-state index contributed by atoms with van der Waals surface area (Å²) in [6.45, 7) is 2.47. The summed E-state index contributed by atoms with van der Waals surface area (Å²) in [7, 11) is 1.54. The number of carbonyl (C=O) groups excluding carboxylic acids is 1. The molecule has 0 heterocycles. The summed E-state index contributed by atoms with van der Waals surface area (Å²) in [6, 6.07) is 4.96. The highest BCUT2D eigenvalue weighted by atomic mass is 16.5. The van der Waals surface area contributed by atoms with Gasteiger partial charge in [0.05, 0.1) is 12.8 Å². The Morgan fingerprint density at radius 1 is 1.57 bits per heavy atom. The van der Waals surface area contributed by atoms with Crippen molar-refractivity contribution in [2.24, 2.45) is 0 Å². The number of anilines is 1. The summed E-state index contributed by atoms with van der Waals surface area (Å²) < 4.78 is 4.98. The topological polar surface area (TPSA) is 64.3 Å². The second-order valence-electron chi connectivity index (χ2n) is 2.82. The maximum Gasteiger partial charge on any atom is 0.251 e. The van der Waals surface area contributed by atoms with Gasteiger partial charge in [0.25, 0.3) is 5.91 Å². The summed E-state index contributed by atoms with van der Waals surface area (Å²) in [5.74, 6) is 0.458. The van der Waals surface area contributed by atoms with Gasteiger partial charge in [-0.25, -0.2) is 0 Å². The highest BCUT2D eigenvalue weighted by Gasteiger charge is 2.06. The van der Waals surface area contributed by atoms with Gasteiger partial charge >= 0.3 is 0 Å². The average molecular weight is 194 g/mol. The predicted octanol–water partition coefficient (Wildman–Crippen LogP) is 1.03. The minimum absolute atomic E-state index is 0.123. The van der Waals surface area contributed by atoms with Gasteiger partial charge in [-0.2, -0.15) is 0 Å². The number of hydrogen-bond acceptors (Lipinski definition) is 3. The number of methoxy groups -OCH3 is 1. The molecule has 4 heteroatoms. The second-order valence-corrected chi connectivity index (χ2v) is 2.82. The quantitative estimate of drug-likeness (QED) is 0.706.